The highest BCUT2D eigenvalue weighted by Gasteiger charge is 2.35. The maximum absolute atomic E-state index is 13.1. The van der Waals surface area contributed by atoms with Crippen LogP contribution in [0.4, 0.5) is 0 Å². The molecule has 2 N–H and O–H groups in total. The van der Waals surface area contributed by atoms with Crippen LogP contribution in [0.1, 0.15) is 44.0 Å². The molecule has 21 heavy (non-hydrogen) atoms. The van der Waals surface area contributed by atoms with Crippen LogP contribution in [0.25, 0.3) is 0 Å². The fourth-order valence-corrected chi connectivity index (χ4v) is 5.40. The van der Waals surface area contributed by atoms with Gasteiger partial charge in [-0.25, -0.2) is 8.42 Å². The Balaban J connectivity index is 2.42. The molecular weight excluding hydrogens is 288 g/mol. The molecule has 2 rings (SSSR count). The number of hydrogen-bond donors (Lipinski definition) is 1. The average molecular weight is 314 g/mol. The molecule has 0 saturated heterocycles. The molecule has 1 aliphatic rings. The van der Waals surface area contributed by atoms with Crippen molar-refractivity contribution in [2.24, 2.45) is 5.73 Å². The Hall–Kier alpha value is -0.920. The van der Waals surface area contributed by atoms with E-state index in [-0.39, 0.29) is 6.04 Å². The van der Waals surface area contributed by atoms with Crippen molar-refractivity contribution in [2.45, 2.75) is 63.9 Å². The smallest absolute Gasteiger partial charge is 0.246 e. The third-order valence-corrected chi connectivity index (χ3v) is 6.55. The van der Waals surface area contributed by atoms with Crippen LogP contribution in [0.15, 0.2) is 4.90 Å². The van der Waals surface area contributed by atoms with Crippen LogP contribution in [-0.4, -0.2) is 41.6 Å². The van der Waals surface area contributed by atoms with Crippen molar-refractivity contribution in [1.82, 2.24) is 14.1 Å². The van der Waals surface area contributed by atoms with E-state index in [1.807, 2.05) is 13.8 Å². The summed E-state index contributed by atoms with van der Waals surface area (Å²) in [5.74, 6) is 0. The van der Waals surface area contributed by atoms with Crippen molar-refractivity contribution in [3.05, 3.63) is 11.4 Å². The van der Waals surface area contributed by atoms with E-state index in [0.29, 0.717) is 35.9 Å². The Bertz CT molecular complexity index is 588. The maximum atomic E-state index is 13.1. The van der Waals surface area contributed by atoms with E-state index in [1.165, 1.54) is 0 Å². The molecule has 0 radical (unpaired) electrons. The molecule has 1 fully saturated rings. The van der Waals surface area contributed by atoms with Crippen molar-refractivity contribution in [1.29, 1.82) is 0 Å². The van der Waals surface area contributed by atoms with Gasteiger partial charge in [-0.05, 0) is 26.7 Å². The SMILES string of the molecule is CCN(C1CCCC1)S(=O)(=O)c1c(C)nn(CCN)c1C. The van der Waals surface area contributed by atoms with E-state index in [2.05, 4.69) is 5.10 Å². The van der Waals surface area contributed by atoms with Gasteiger partial charge in [0.25, 0.3) is 0 Å². The molecule has 0 atom stereocenters. The number of aromatic nitrogens is 2. The normalized spacial score (nSPS) is 17.0. The van der Waals surface area contributed by atoms with Crippen LogP contribution in [0.5, 0.6) is 0 Å². The summed E-state index contributed by atoms with van der Waals surface area (Å²) in [4.78, 5) is 0.365. The van der Waals surface area contributed by atoms with Gasteiger partial charge in [-0.15, -0.1) is 0 Å². The zero-order chi connectivity index (χ0) is 15.6. The Labute approximate surface area is 127 Å². The Morgan fingerprint density at radius 3 is 2.48 bits per heavy atom. The molecule has 1 aromatic heterocycles. The molecule has 1 saturated carbocycles. The van der Waals surface area contributed by atoms with Gasteiger partial charge in [-0.1, -0.05) is 19.8 Å². The third kappa shape index (κ3) is 3.00. The lowest BCUT2D eigenvalue weighted by atomic mass is 10.2. The second-order valence-corrected chi connectivity index (χ2v) is 7.49. The van der Waals surface area contributed by atoms with Crippen LogP contribution >= 0.6 is 0 Å². The minimum atomic E-state index is -3.48. The highest BCUT2D eigenvalue weighted by molar-refractivity contribution is 7.89. The predicted molar refractivity (Wildman–Crippen MR) is 82.6 cm³/mol. The lowest BCUT2D eigenvalue weighted by molar-refractivity contribution is 0.335. The third-order valence-electron chi connectivity index (χ3n) is 4.27. The Morgan fingerprint density at radius 2 is 1.95 bits per heavy atom. The number of nitrogens with zero attached hydrogens (tertiary/aromatic N) is 3. The van der Waals surface area contributed by atoms with E-state index < -0.39 is 10.0 Å². The Morgan fingerprint density at radius 1 is 1.33 bits per heavy atom. The quantitative estimate of drug-likeness (QED) is 0.861. The minimum absolute atomic E-state index is 0.136. The summed E-state index contributed by atoms with van der Waals surface area (Å²) in [6, 6.07) is 0.136. The maximum Gasteiger partial charge on any atom is 0.246 e. The minimum Gasteiger partial charge on any atom is -0.329 e. The molecule has 7 heteroatoms. The molecule has 0 unspecified atom stereocenters. The van der Waals surface area contributed by atoms with Crippen molar-refractivity contribution in [3.8, 4) is 0 Å². The topological polar surface area (TPSA) is 81.2 Å². The Kier molecular flexibility index (Phi) is 5.06. The second kappa shape index (κ2) is 6.46. The highest BCUT2D eigenvalue weighted by atomic mass is 32.2. The van der Waals surface area contributed by atoms with Gasteiger partial charge in [0.2, 0.25) is 10.0 Å². The van der Waals surface area contributed by atoms with Gasteiger partial charge in [0.05, 0.1) is 17.9 Å². The lowest BCUT2D eigenvalue weighted by Gasteiger charge is -2.26. The molecule has 120 valence electrons. The average Bonchev–Trinajstić information content (AvgIpc) is 3.00. The van der Waals surface area contributed by atoms with E-state index in [4.69, 9.17) is 5.73 Å². The first-order valence-electron chi connectivity index (χ1n) is 7.69. The zero-order valence-corrected chi connectivity index (χ0v) is 14.0. The van der Waals surface area contributed by atoms with Gasteiger partial charge in [0.15, 0.2) is 0 Å². The molecule has 0 aromatic carbocycles. The van der Waals surface area contributed by atoms with Crippen LogP contribution < -0.4 is 5.73 Å². The van der Waals surface area contributed by atoms with Crippen molar-refractivity contribution in [2.75, 3.05) is 13.1 Å². The lowest BCUT2D eigenvalue weighted by Crippen LogP contribution is -2.39. The van der Waals surface area contributed by atoms with Crippen LogP contribution in [0.3, 0.4) is 0 Å². The summed E-state index contributed by atoms with van der Waals surface area (Å²) < 4.78 is 29.5. The van der Waals surface area contributed by atoms with E-state index >= 15 is 0 Å². The number of aryl methyl sites for hydroxylation is 1. The first kappa shape index (κ1) is 16.5. The van der Waals surface area contributed by atoms with Gasteiger partial charge in [-0.3, -0.25) is 4.68 Å². The number of sulfonamides is 1. The van der Waals surface area contributed by atoms with E-state index in [9.17, 15) is 8.42 Å². The fourth-order valence-electron chi connectivity index (χ4n) is 3.33. The van der Waals surface area contributed by atoms with Gasteiger partial charge in [0, 0.05) is 19.1 Å². The molecule has 1 aromatic rings. The summed E-state index contributed by atoms with van der Waals surface area (Å²) in [6.45, 7) is 6.97. The van der Waals surface area contributed by atoms with E-state index in [1.54, 1.807) is 15.9 Å². The first-order valence-corrected chi connectivity index (χ1v) is 9.13. The molecule has 1 heterocycles. The first-order chi connectivity index (χ1) is 9.93. The fraction of sp³-hybridized carbons (Fsp3) is 0.786. The summed E-state index contributed by atoms with van der Waals surface area (Å²) in [5.41, 5.74) is 6.82. The summed E-state index contributed by atoms with van der Waals surface area (Å²) in [5, 5.41) is 4.34. The molecule has 0 aliphatic heterocycles. The largest absolute Gasteiger partial charge is 0.329 e. The monoisotopic (exact) mass is 314 g/mol. The van der Waals surface area contributed by atoms with Crippen LogP contribution in [0.2, 0.25) is 0 Å². The summed E-state index contributed by atoms with van der Waals surface area (Å²) in [7, 11) is -3.48. The molecule has 0 amide bonds. The van der Waals surface area contributed by atoms with Gasteiger partial charge in [-0.2, -0.15) is 9.40 Å². The van der Waals surface area contributed by atoms with E-state index in [0.717, 1.165) is 25.7 Å². The predicted octanol–water partition coefficient (Wildman–Crippen LogP) is 1.41. The van der Waals surface area contributed by atoms with Gasteiger partial charge < -0.3 is 5.73 Å². The van der Waals surface area contributed by atoms with Crippen molar-refractivity contribution in [3.63, 3.8) is 0 Å². The number of hydrogen-bond acceptors (Lipinski definition) is 4. The molecule has 0 spiro atoms. The molecule has 0 bridgehead atoms. The second-order valence-electron chi connectivity index (χ2n) is 5.66. The molecule has 1 aliphatic carbocycles. The molecule has 6 nitrogen and oxygen atoms in total. The summed E-state index contributed by atoms with van der Waals surface area (Å²) >= 11 is 0. The van der Waals surface area contributed by atoms with Gasteiger partial charge >= 0.3 is 0 Å². The summed E-state index contributed by atoms with van der Waals surface area (Å²) in [6.07, 6.45) is 4.15. The van der Waals surface area contributed by atoms with Crippen molar-refractivity contribution < 1.29 is 8.42 Å². The van der Waals surface area contributed by atoms with Crippen LogP contribution in [0, 0.1) is 13.8 Å². The standard InChI is InChI=1S/C14H26N4O2S/c1-4-18(13-7-5-6-8-13)21(19,20)14-11(2)16-17(10-9-15)12(14)3/h13H,4-10,15H2,1-3H3. The van der Waals surface area contributed by atoms with Crippen LogP contribution in [-0.2, 0) is 16.6 Å². The highest BCUT2D eigenvalue weighted by Crippen LogP contribution is 2.30. The molecular formula is C14H26N4O2S. The zero-order valence-electron chi connectivity index (χ0n) is 13.2. The van der Waals surface area contributed by atoms with Crippen molar-refractivity contribution >= 4 is 10.0 Å². The van der Waals surface area contributed by atoms with Gasteiger partial charge in [0.1, 0.15) is 4.90 Å². The number of rotatable bonds is 6. The number of nitrogens with two attached hydrogens (primary N) is 1.